The zero-order chi connectivity index (χ0) is 13.7. The molecule has 5 heteroatoms. The first kappa shape index (κ1) is 13.4. The molecule has 100 valence electrons. The zero-order valence-corrected chi connectivity index (χ0v) is 10.9. The zero-order valence-electron chi connectivity index (χ0n) is 10.9. The molecule has 1 aromatic rings. The number of rotatable bonds is 3. The van der Waals surface area contributed by atoms with Crippen molar-refractivity contribution in [3.05, 3.63) is 29.8 Å². The first-order valence-electron chi connectivity index (χ1n) is 6.32. The monoisotopic (exact) mass is 259 g/mol. The van der Waals surface area contributed by atoms with Crippen LogP contribution in [0.3, 0.4) is 0 Å². The number of amides is 1. The number of nitrogens with zero attached hydrogens (tertiary/aromatic N) is 2. The van der Waals surface area contributed by atoms with Gasteiger partial charge in [0.05, 0.1) is 30.9 Å². The molecule has 5 nitrogen and oxygen atoms in total. The topological polar surface area (TPSA) is 65.4 Å². The van der Waals surface area contributed by atoms with Crippen LogP contribution < -0.4 is 5.32 Å². The average Bonchev–Trinajstić information content (AvgIpc) is 2.45. The maximum atomic E-state index is 12.0. The van der Waals surface area contributed by atoms with E-state index in [9.17, 15) is 4.79 Å². The van der Waals surface area contributed by atoms with Crippen LogP contribution in [0.2, 0.25) is 0 Å². The highest BCUT2D eigenvalue weighted by Crippen LogP contribution is 2.09. The van der Waals surface area contributed by atoms with Gasteiger partial charge >= 0.3 is 0 Å². The molecule has 1 aliphatic rings. The van der Waals surface area contributed by atoms with Gasteiger partial charge in [0.25, 0.3) is 0 Å². The number of benzene rings is 1. The number of hydrogen-bond acceptors (Lipinski definition) is 4. The molecule has 0 aliphatic carbocycles. The Morgan fingerprint density at radius 2 is 2.26 bits per heavy atom. The van der Waals surface area contributed by atoms with Gasteiger partial charge in [0.2, 0.25) is 5.91 Å². The average molecular weight is 259 g/mol. The summed E-state index contributed by atoms with van der Waals surface area (Å²) in [5, 5.41) is 11.8. The minimum atomic E-state index is 0.0690. The van der Waals surface area contributed by atoms with Gasteiger partial charge < -0.3 is 15.0 Å². The van der Waals surface area contributed by atoms with Gasteiger partial charge in [-0.2, -0.15) is 5.26 Å². The largest absolute Gasteiger partial charge is 0.376 e. The van der Waals surface area contributed by atoms with Crippen molar-refractivity contribution in [1.82, 2.24) is 4.90 Å². The van der Waals surface area contributed by atoms with Crippen molar-refractivity contribution in [3.63, 3.8) is 0 Å². The van der Waals surface area contributed by atoms with E-state index in [-0.39, 0.29) is 18.6 Å². The molecule has 0 bridgehead atoms. The molecule has 2 rings (SSSR count). The number of nitriles is 1. The summed E-state index contributed by atoms with van der Waals surface area (Å²) in [6, 6.07) is 9.11. The lowest BCUT2D eigenvalue weighted by Gasteiger charge is -2.31. The number of nitrogens with one attached hydrogen (secondary N) is 1. The van der Waals surface area contributed by atoms with Gasteiger partial charge in [-0.15, -0.1) is 0 Å². The van der Waals surface area contributed by atoms with Crippen LogP contribution in [0.4, 0.5) is 5.69 Å². The number of carbonyl (C=O) groups is 1. The van der Waals surface area contributed by atoms with E-state index in [1.165, 1.54) is 0 Å². The predicted octanol–water partition coefficient (Wildman–Crippen LogP) is 1.22. The highest BCUT2D eigenvalue weighted by molar-refractivity contribution is 5.81. The minimum absolute atomic E-state index is 0.0690. The summed E-state index contributed by atoms with van der Waals surface area (Å²) in [6.45, 7) is 4.13. The lowest BCUT2D eigenvalue weighted by atomic mass is 10.2. The lowest BCUT2D eigenvalue weighted by molar-refractivity contribution is -0.136. The summed E-state index contributed by atoms with van der Waals surface area (Å²) >= 11 is 0. The fourth-order valence-corrected chi connectivity index (χ4v) is 2.00. The van der Waals surface area contributed by atoms with Crippen LogP contribution in [0, 0.1) is 11.3 Å². The molecule has 0 spiro atoms. The Bertz CT molecular complexity index is 478. The number of anilines is 1. The van der Waals surface area contributed by atoms with Crippen LogP contribution in [0.5, 0.6) is 0 Å². The Labute approximate surface area is 112 Å². The molecule has 0 radical (unpaired) electrons. The highest BCUT2D eigenvalue weighted by Gasteiger charge is 2.20. The molecule has 1 atom stereocenters. The molecule has 19 heavy (non-hydrogen) atoms. The Kier molecular flexibility index (Phi) is 4.37. The first-order chi connectivity index (χ1) is 9.19. The van der Waals surface area contributed by atoms with Crippen molar-refractivity contribution in [2.45, 2.75) is 13.0 Å². The smallest absolute Gasteiger partial charge is 0.242 e. The molecule has 1 aromatic carbocycles. The summed E-state index contributed by atoms with van der Waals surface area (Å²) in [7, 11) is 0. The van der Waals surface area contributed by atoms with Crippen molar-refractivity contribution in [3.8, 4) is 6.07 Å². The molecule has 0 aromatic heterocycles. The van der Waals surface area contributed by atoms with Gasteiger partial charge in [0.15, 0.2) is 0 Å². The lowest BCUT2D eigenvalue weighted by Crippen LogP contribution is -2.46. The predicted molar refractivity (Wildman–Crippen MR) is 71.6 cm³/mol. The number of morpholine rings is 1. The Balaban J connectivity index is 1.84. The molecule has 1 aliphatic heterocycles. The van der Waals surface area contributed by atoms with Gasteiger partial charge in [-0.1, -0.05) is 0 Å². The van der Waals surface area contributed by atoms with Crippen molar-refractivity contribution in [1.29, 1.82) is 5.26 Å². The molecule has 1 N–H and O–H groups in total. The summed E-state index contributed by atoms with van der Waals surface area (Å²) in [6.07, 6.45) is 0.104. The van der Waals surface area contributed by atoms with Crippen molar-refractivity contribution < 1.29 is 9.53 Å². The second-order valence-electron chi connectivity index (χ2n) is 4.56. The molecular weight excluding hydrogens is 242 g/mol. The van der Waals surface area contributed by atoms with E-state index in [0.29, 0.717) is 25.3 Å². The summed E-state index contributed by atoms with van der Waals surface area (Å²) in [4.78, 5) is 13.8. The summed E-state index contributed by atoms with van der Waals surface area (Å²) in [5.74, 6) is 0.0690. The highest BCUT2D eigenvalue weighted by atomic mass is 16.5. The van der Waals surface area contributed by atoms with Crippen LogP contribution in [0.25, 0.3) is 0 Å². The molecule has 1 heterocycles. The van der Waals surface area contributed by atoms with E-state index in [0.717, 1.165) is 5.69 Å². The third-order valence-corrected chi connectivity index (χ3v) is 3.05. The maximum absolute atomic E-state index is 12.0. The standard InChI is InChI=1S/C14H17N3O2/c1-11-10-17(6-7-19-11)14(18)9-16-13-4-2-12(8-15)3-5-13/h2-5,11,16H,6-7,9-10H2,1H3. The molecule has 1 unspecified atom stereocenters. The quantitative estimate of drug-likeness (QED) is 0.886. The van der Waals surface area contributed by atoms with E-state index in [1.807, 2.05) is 11.8 Å². The van der Waals surface area contributed by atoms with Gasteiger partial charge in [-0.3, -0.25) is 4.79 Å². The third kappa shape index (κ3) is 3.70. The summed E-state index contributed by atoms with van der Waals surface area (Å²) in [5.41, 5.74) is 1.45. The number of carbonyl (C=O) groups excluding carboxylic acids is 1. The van der Waals surface area contributed by atoms with Crippen molar-refractivity contribution >= 4 is 11.6 Å². The van der Waals surface area contributed by atoms with Crippen LogP contribution in [-0.4, -0.2) is 43.2 Å². The summed E-state index contributed by atoms with van der Waals surface area (Å²) < 4.78 is 5.40. The van der Waals surface area contributed by atoms with Gasteiger partial charge in [-0.05, 0) is 31.2 Å². The normalized spacial score (nSPS) is 18.7. The van der Waals surface area contributed by atoms with Crippen molar-refractivity contribution in [2.75, 3.05) is 31.6 Å². The van der Waals surface area contributed by atoms with E-state index < -0.39 is 0 Å². The second kappa shape index (κ2) is 6.21. The Morgan fingerprint density at radius 1 is 1.53 bits per heavy atom. The fourth-order valence-electron chi connectivity index (χ4n) is 2.00. The van der Waals surface area contributed by atoms with E-state index in [1.54, 1.807) is 24.3 Å². The van der Waals surface area contributed by atoms with Gasteiger partial charge in [-0.25, -0.2) is 0 Å². The molecule has 1 fully saturated rings. The van der Waals surface area contributed by atoms with E-state index >= 15 is 0 Å². The van der Waals surface area contributed by atoms with Crippen LogP contribution >= 0.6 is 0 Å². The van der Waals surface area contributed by atoms with E-state index in [2.05, 4.69) is 11.4 Å². The van der Waals surface area contributed by atoms with Crippen molar-refractivity contribution in [2.24, 2.45) is 0 Å². The van der Waals surface area contributed by atoms with Crippen LogP contribution in [0.1, 0.15) is 12.5 Å². The number of hydrogen-bond donors (Lipinski definition) is 1. The molecular formula is C14H17N3O2. The van der Waals surface area contributed by atoms with E-state index in [4.69, 9.17) is 10.00 Å². The maximum Gasteiger partial charge on any atom is 0.242 e. The first-order valence-corrected chi connectivity index (χ1v) is 6.32. The third-order valence-electron chi connectivity index (χ3n) is 3.05. The fraction of sp³-hybridized carbons (Fsp3) is 0.429. The van der Waals surface area contributed by atoms with Gasteiger partial charge in [0.1, 0.15) is 0 Å². The number of ether oxygens (including phenoxy) is 1. The second-order valence-corrected chi connectivity index (χ2v) is 4.56. The SMILES string of the molecule is CC1CN(C(=O)CNc2ccc(C#N)cc2)CCO1. The van der Waals surface area contributed by atoms with Gasteiger partial charge in [0, 0.05) is 18.8 Å². The van der Waals surface area contributed by atoms with Crippen LogP contribution in [0.15, 0.2) is 24.3 Å². The Morgan fingerprint density at radius 3 is 2.89 bits per heavy atom. The molecule has 0 saturated carbocycles. The Hall–Kier alpha value is -2.06. The van der Waals surface area contributed by atoms with Crippen LogP contribution in [-0.2, 0) is 9.53 Å². The minimum Gasteiger partial charge on any atom is -0.376 e. The molecule has 1 amide bonds. The molecule has 1 saturated heterocycles.